The third kappa shape index (κ3) is 3.10. The molecular weight excluding hydrogens is 235 g/mol. The molecule has 0 fully saturated rings. The Labute approximate surface area is 103 Å². The maximum Gasteiger partial charge on any atom is 0.354 e. The topological polar surface area (TPSA) is 63.1 Å². The Bertz CT molecular complexity index is 572. The summed E-state index contributed by atoms with van der Waals surface area (Å²) in [7, 11) is 0. The van der Waals surface area contributed by atoms with E-state index in [-0.39, 0.29) is 11.5 Å². The number of aromatic nitrogens is 2. The van der Waals surface area contributed by atoms with Crippen LogP contribution in [0.25, 0.3) is 0 Å². The van der Waals surface area contributed by atoms with Gasteiger partial charge in [0.2, 0.25) is 0 Å². The van der Waals surface area contributed by atoms with Gasteiger partial charge in [-0.3, -0.25) is 0 Å². The summed E-state index contributed by atoms with van der Waals surface area (Å²) in [5.74, 6) is -1.36. The lowest BCUT2D eigenvalue weighted by molar-refractivity contribution is 0.0690. The number of rotatable bonds is 4. The number of nitrogens with zero attached hydrogens (tertiary/aromatic N) is 2. The van der Waals surface area contributed by atoms with E-state index < -0.39 is 5.97 Å². The Kier molecular flexibility index (Phi) is 3.62. The predicted molar refractivity (Wildman–Crippen MR) is 62.8 cm³/mol. The normalized spacial score (nSPS) is 10.3. The molecule has 0 unspecified atom stereocenters. The van der Waals surface area contributed by atoms with E-state index in [4.69, 9.17) is 5.11 Å². The summed E-state index contributed by atoms with van der Waals surface area (Å²) < 4.78 is 13.0. The predicted octanol–water partition coefficient (Wildman–Crippen LogP) is 2.10. The summed E-state index contributed by atoms with van der Waals surface area (Å²) >= 11 is 0. The number of carbonyl (C=O) groups is 1. The minimum Gasteiger partial charge on any atom is -0.477 e. The first kappa shape index (κ1) is 12.2. The lowest BCUT2D eigenvalue weighted by Gasteiger charge is -2.02. The van der Waals surface area contributed by atoms with Crippen LogP contribution in [-0.4, -0.2) is 21.0 Å². The van der Waals surface area contributed by atoms with Crippen LogP contribution in [0.4, 0.5) is 4.39 Å². The summed E-state index contributed by atoms with van der Waals surface area (Å²) in [6, 6.07) is 7.74. The summed E-state index contributed by atoms with van der Waals surface area (Å²) in [6.07, 6.45) is 2.38. The number of benzene rings is 1. The van der Waals surface area contributed by atoms with Gasteiger partial charge < -0.3 is 5.11 Å². The lowest BCUT2D eigenvalue weighted by atomic mass is 10.1. The molecule has 5 heteroatoms. The van der Waals surface area contributed by atoms with E-state index >= 15 is 0 Å². The van der Waals surface area contributed by atoms with Gasteiger partial charge in [-0.2, -0.15) is 0 Å². The summed E-state index contributed by atoms with van der Waals surface area (Å²) in [4.78, 5) is 18.4. The van der Waals surface area contributed by atoms with Crippen molar-refractivity contribution in [2.45, 2.75) is 12.8 Å². The van der Waals surface area contributed by atoms with Gasteiger partial charge in [0.25, 0.3) is 0 Å². The third-order valence-corrected chi connectivity index (χ3v) is 2.50. The number of aromatic carboxylic acids is 1. The first-order valence-electron chi connectivity index (χ1n) is 5.44. The number of hydrogen-bond donors (Lipinski definition) is 1. The first-order valence-corrected chi connectivity index (χ1v) is 5.44. The van der Waals surface area contributed by atoms with Crippen molar-refractivity contribution in [1.29, 1.82) is 0 Å². The summed E-state index contributed by atoms with van der Waals surface area (Å²) in [5, 5.41) is 8.79. The molecule has 18 heavy (non-hydrogen) atoms. The Hall–Kier alpha value is -2.30. The second-order valence-electron chi connectivity index (χ2n) is 3.83. The molecule has 0 radical (unpaired) electrons. The fourth-order valence-corrected chi connectivity index (χ4v) is 1.62. The van der Waals surface area contributed by atoms with Crippen molar-refractivity contribution in [1.82, 2.24) is 9.97 Å². The van der Waals surface area contributed by atoms with Crippen molar-refractivity contribution in [3.63, 3.8) is 0 Å². The van der Waals surface area contributed by atoms with Gasteiger partial charge in [0.05, 0.1) is 0 Å². The van der Waals surface area contributed by atoms with E-state index in [9.17, 15) is 9.18 Å². The average molecular weight is 246 g/mol. The van der Waals surface area contributed by atoms with Crippen LogP contribution in [0.5, 0.6) is 0 Å². The van der Waals surface area contributed by atoms with Crippen LogP contribution in [0.2, 0.25) is 0 Å². The van der Waals surface area contributed by atoms with Gasteiger partial charge in [-0.1, -0.05) is 12.1 Å². The molecular formula is C13H11FN2O2. The average Bonchev–Trinajstić information content (AvgIpc) is 2.37. The number of carboxylic acids is 1. The van der Waals surface area contributed by atoms with Gasteiger partial charge in [-0.25, -0.2) is 19.2 Å². The van der Waals surface area contributed by atoms with E-state index in [1.807, 2.05) is 6.07 Å². The lowest BCUT2D eigenvalue weighted by Crippen LogP contribution is -2.03. The van der Waals surface area contributed by atoms with E-state index in [1.165, 1.54) is 24.5 Å². The third-order valence-electron chi connectivity index (χ3n) is 2.50. The smallest absolute Gasteiger partial charge is 0.354 e. The van der Waals surface area contributed by atoms with Crippen LogP contribution in [0.1, 0.15) is 21.7 Å². The molecule has 0 amide bonds. The van der Waals surface area contributed by atoms with Gasteiger partial charge >= 0.3 is 5.97 Å². The summed E-state index contributed by atoms with van der Waals surface area (Å²) in [5.41, 5.74) is 1.45. The zero-order valence-corrected chi connectivity index (χ0v) is 9.51. The molecule has 0 saturated carbocycles. The van der Waals surface area contributed by atoms with Gasteiger partial charge in [-0.05, 0) is 36.6 Å². The maximum absolute atomic E-state index is 13.0. The highest BCUT2D eigenvalue weighted by Crippen LogP contribution is 2.08. The Morgan fingerprint density at radius 3 is 2.78 bits per heavy atom. The molecule has 0 atom stereocenters. The zero-order chi connectivity index (χ0) is 13.0. The van der Waals surface area contributed by atoms with Crippen molar-refractivity contribution in [2.24, 2.45) is 0 Å². The molecule has 1 heterocycles. The molecule has 0 bridgehead atoms. The van der Waals surface area contributed by atoms with Crippen molar-refractivity contribution in [2.75, 3.05) is 0 Å². The minimum absolute atomic E-state index is 0.0285. The number of hydrogen-bond acceptors (Lipinski definition) is 3. The Morgan fingerprint density at radius 1 is 1.22 bits per heavy atom. The van der Waals surface area contributed by atoms with Crippen molar-refractivity contribution in [3.05, 3.63) is 59.4 Å². The highest BCUT2D eigenvalue weighted by atomic mass is 19.1. The number of halogens is 1. The van der Waals surface area contributed by atoms with E-state index in [0.29, 0.717) is 18.5 Å². The van der Waals surface area contributed by atoms with Crippen LogP contribution < -0.4 is 0 Å². The molecule has 92 valence electrons. The van der Waals surface area contributed by atoms with E-state index in [1.54, 1.807) is 6.07 Å². The van der Waals surface area contributed by atoms with Crippen molar-refractivity contribution < 1.29 is 14.3 Å². The molecule has 0 aliphatic rings. The molecule has 1 N–H and O–H groups in total. The number of carboxylic acid groups (broad SMARTS) is 1. The second-order valence-corrected chi connectivity index (χ2v) is 3.83. The van der Waals surface area contributed by atoms with E-state index in [0.717, 1.165) is 5.56 Å². The molecule has 0 spiro atoms. The standard InChI is InChI=1S/C13H11FN2O2/c14-10-3-1-2-9(6-10)4-5-11-7-12(13(17)18)16-8-15-11/h1-3,6-8H,4-5H2,(H,17,18). The highest BCUT2D eigenvalue weighted by Gasteiger charge is 2.06. The largest absolute Gasteiger partial charge is 0.477 e. The van der Waals surface area contributed by atoms with Gasteiger partial charge in [0.15, 0.2) is 5.69 Å². The minimum atomic E-state index is -1.08. The van der Waals surface area contributed by atoms with Gasteiger partial charge in [-0.15, -0.1) is 0 Å². The molecule has 1 aromatic heterocycles. The fourth-order valence-electron chi connectivity index (χ4n) is 1.62. The van der Waals surface area contributed by atoms with Crippen LogP contribution in [-0.2, 0) is 12.8 Å². The second kappa shape index (κ2) is 5.35. The summed E-state index contributed by atoms with van der Waals surface area (Å²) in [6.45, 7) is 0. The molecule has 0 aliphatic heterocycles. The van der Waals surface area contributed by atoms with Crippen molar-refractivity contribution in [3.8, 4) is 0 Å². The van der Waals surface area contributed by atoms with Gasteiger partial charge in [0, 0.05) is 5.69 Å². The van der Waals surface area contributed by atoms with Gasteiger partial charge in [0.1, 0.15) is 12.1 Å². The van der Waals surface area contributed by atoms with Crippen LogP contribution in [0, 0.1) is 5.82 Å². The quantitative estimate of drug-likeness (QED) is 0.897. The van der Waals surface area contributed by atoms with Crippen LogP contribution in [0.3, 0.4) is 0 Å². The Morgan fingerprint density at radius 2 is 2.06 bits per heavy atom. The molecule has 0 saturated heterocycles. The molecule has 0 aliphatic carbocycles. The first-order chi connectivity index (χ1) is 8.65. The molecule has 2 rings (SSSR count). The zero-order valence-electron chi connectivity index (χ0n) is 9.51. The highest BCUT2D eigenvalue weighted by molar-refractivity contribution is 5.85. The van der Waals surface area contributed by atoms with Crippen LogP contribution in [0.15, 0.2) is 36.7 Å². The maximum atomic E-state index is 13.0. The Balaban J connectivity index is 2.06. The number of aryl methyl sites for hydroxylation is 2. The SMILES string of the molecule is O=C(O)c1cc(CCc2cccc(F)c2)ncn1. The van der Waals surface area contributed by atoms with Crippen LogP contribution >= 0.6 is 0 Å². The monoisotopic (exact) mass is 246 g/mol. The molecule has 2 aromatic rings. The molecule has 4 nitrogen and oxygen atoms in total. The fraction of sp³-hybridized carbons (Fsp3) is 0.154. The molecule has 1 aromatic carbocycles. The van der Waals surface area contributed by atoms with E-state index in [2.05, 4.69) is 9.97 Å². The van der Waals surface area contributed by atoms with Crippen molar-refractivity contribution >= 4 is 5.97 Å².